The normalized spacial score (nSPS) is 14.4. The summed E-state index contributed by atoms with van der Waals surface area (Å²) in [6.07, 6.45) is -3.17. The van der Waals surface area contributed by atoms with Crippen LogP contribution in [0.3, 0.4) is 0 Å². The number of nitrogens with two attached hydrogens (primary N) is 1. The zero-order valence-electron chi connectivity index (χ0n) is 6.02. The van der Waals surface area contributed by atoms with Crippen molar-refractivity contribution in [1.82, 2.24) is 0 Å². The second-order valence-corrected chi connectivity index (χ2v) is 1.75. The van der Waals surface area contributed by atoms with Crippen molar-refractivity contribution in [1.29, 1.82) is 0 Å². The summed E-state index contributed by atoms with van der Waals surface area (Å²) in [5.41, 5.74) is 3.81. The molecule has 0 unspecified atom stereocenters. The number of allylic oxidation sites excluding steroid dienone is 1. The average Bonchev–Trinajstić information content (AvgIpc) is 1.87. The van der Waals surface area contributed by atoms with E-state index in [1.165, 1.54) is 0 Å². The quantitative estimate of drug-likeness (QED) is 0.620. The van der Waals surface area contributed by atoms with E-state index in [0.29, 0.717) is 12.7 Å². The van der Waals surface area contributed by atoms with Crippen LogP contribution in [-0.2, 0) is 0 Å². The molecule has 0 atom stereocenters. The lowest BCUT2D eigenvalue weighted by Crippen LogP contribution is -2.14. The highest BCUT2D eigenvalue weighted by Gasteiger charge is 2.31. The number of alkyl halides is 3. The molecular weight excluding hydrogens is 157 g/mol. The third-order valence-electron chi connectivity index (χ3n) is 0.920. The van der Waals surface area contributed by atoms with Crippen molar-refractivity contribution in [3.63, 3.8) is 0 Å². The van der Waals surface area contributed by atoms with E-state index in [1.807, 2.05) is 0 Å². The van der Waals surface area contributed by atoms with Gasteiger partial charge in [0.1, 0.15) is 0 Å². The highest BCUT2D eigenvalue weighted by Crippen LogP contribution is 2.22. The number of rotatable bonds is 2. The lowest BCUT2D eigenvalue weighted by Gasteiger charge is -2.04. The van der Waals surface area contributed by atoms with Crippen LogP contribution < -0.4 is 5.73 Å². The fraction of sp³-hybridized carbons (Fsp3) is 0.500. The first kappa shape index (κ1) is 10.0. The van der Waals surface area contributed by atoms with Gasteiger partial charge in [0, 0.05) is 19.0 Å². The van der Waals surface area contributed by atoms with E-state index in [9.17, 15) is 13.2 Å². The van der Waals surface area contributed by atoms with Gasteiger partial charge in [-0.05, 0) is 6.92 Å². The SMILES string of the molecule is CCN=CC(=CN)C(F)(F)F. The van der Waals surface area contributed by atoms with Crippen LogP contribution >= 0.6 is 0 Å². The van der Waals surface area contributed by atoms with E-state index in [-0.39, 0.29) is 0 Å². The van der Waals surface area contributed by atoms with Gasteiger partial charge in [-0.3, -0.25) is 4.99 Å². The maximum Gasteiger partial charge on any atom is 0.419 e. The molecular formula is C6H9F3N2. The van der Waals surface area contributed by atoms with Crippen molar-refractivity contribution in [2.24, 2.45) is 10.7 Å². The molecule has 11 heavy (non-hydrogen) atoms. The molecule has 2 nitrogen and oxygen atoms in total. The van der Waals surface area contributed by atoms with Crippen molar-refractivity contribution in [2.45, 2.75) is 13.1 Å². The molecule has 0 radical (unpaired) electrons. The van der Waals surface area contributed by atoms with Crippen LogP contribution in [0.25, 0.3) is 0 Å². The molecule has 0 saturated heterocycles. The predicted octanol–water partition coefficient (Wildman–Crippen LogP) is 1.48. The number of aliphatic imine (C=N–C) groups is 1. The van der Waals surface area contributed by atoms with E-state index in [1.54, 1.807) is 6.92 Å². The summed E-state index contributed by atoms with van der Waals surface area (Å²) < 4.78 is 35.4. The van der Waals surface area contributed by atoms with Gasteiger partial charge in [-0.15, -0.1) is 0 Å². The van der Waals surface area contributed by atoms with Gasteiger partial charge in [0.2, 0.25) is 0 Å². The van der Waals surface area contributed by atoms with Crippen LogP contribution in [-0.4, -0.2) is 18.9 Å². The van der Waals surface area contributed by atoms with E-state index < -0.39 is 11.7 Å². The molecule has 5 heteroatoms. The molecule has 0 aromatic heterocycles. The van der Waals surface area contributed by atoms with Gasteiger partial charge in [-0.2, -0.15) is 13.2 Å². The topological polar surface area (TPSA) is 38.4 Å². The Morgan fingerprint density at radius 1 is 1.55 bits per heavy atom. The molecule has 64 valence electrons. The Balaban J connectivity index is 4.33. The molecule has 0 fully saturated rings. The predicted molar refractivity (Wildman–Crippen MR) is 37.4 cm³/mol. The Labute approximate surface area is 62.6 Å². The molecule has 0 aliphatic rings. The summed E-state index contributed by atoms with van der Waals surface area (Å²) in [6.45, 7) is 1.95. The van der Waals surface area contributed by atoms with E-state index >= 15 is 0 Å². The Morgan fingerprint density at radius 3 is 2.36 bits per heavy atom. The van der Waals surface area contributed by atoms with Gasteiger partial charge in [-0.25, -0.2) is 0 Å². The highest BCUT2D eigenvalue weighted by molar-refractivity contribution is 5.79. The molecule has 0 spiro atoms. The summed E-state index contributed by atoms with van der Waals surface area (Å²) in [4.78, 5) is 3.42. The van der Waals surface area contributed by atoms with Crippen molar-refractivity contribution >= 4 is 6.21 Å². The maximum absolute atomic E-state index is 11.8. The Hall–Kier alpha value is -1.00. The molecule has 2 N–H and O–H groups in total. The fourth-order valence-corrected chi connectivity index (χ4v) is 0.400. The first-order valence-corrected chi connectivity index (χ1v) is 3.01. The minimum absolute atomic E-state index is 0.313. The third kappa shape index (κ3) is 3.64. The van der Waals surface area contributed by atoms with Crippen LogP contribution in [0.5, 0.6) is 0 Å². The molecule has 0 aliphatic heterocycles. The molecule has 0 saturated carbocycles. The average molecular weight is 166 g/mol. The number of nitrogens with zero attached hydrogens (tertiary/aromatic N) is 1. The van der Waals surface area contributed by atoms with Crippen molar-refractivity contribution in [3.05, 3.63) is 11.8 Å². The third-order valence-corrected chi connectivity index (χ3v) is 0.920. The smallest absolute Gasteiger partial charge is 0.404 e. The van der Waals surface area contributed by atoms with Crippen LogP contribution in [0.2, 0.25) is 0 Å². The number of hydrogen-bond donors (Lipinski definition) is 1. The molecule has 0 heterocycles. The van der Waals surface area contributed by atoms with Gasteiger partial charge in [0.25, 0.3) is 0 Å². The first-order chi connectivity index (χ1) is 5.02. The molecule has 0 aromatic carbocycles. The van der Waals surface area contributed by atoms with Crippen LogP contribution in [0.15, 0.2) is 16.8 Å². The van der Waals surface area contributed by atoms with E-state index in [0.717, 1.165) is 6.21 Å². The Kier molecular flexibility index (Phi) is 3.64. The molecule has 0 bridgehead atoms. The minimum atomic E-state index is -4.40. The van der Waals surface area contributed by atoms with Crippen molar-refractivity contribution in [3.8, 4) is 0 Å². The van der Waals surface area contributed by atoms with Crippen molar-refractivity contribution in [2.75, 3.05) is 6.54 Å². The molecule has 0 rings (SSSR count). The van der Waals surface area contributed by atoms with E-state index in [2.05, 4.69) is 4.99 Å². The fourth-order valence-electron chi connectivity index (χ4n) is 0.400. The summed E-state index contributed by atoms with van der Waals surface area (Å²) in [7, 11) is 0. The van der Waals surface area contributed by atoms with Gasteiger partial charge in [-0.1, -0.05) is 0 Å². The number of halogens is 3. The van der Waals surface area contributed by atoms with Gasteiger partial charge >= 0.3 is 6.18 Å². The van der Waals surface area contributed by atoms with Crippen LogP contribution in [0.4, 0.5) is 13.2 Å². The summed E-state index contributed by atoms with van der Waals surface area (Å²) in [5.74, 6) is 0. The highest BCUT2D eigenvalue weighted by atomic mass is 19.4. The van der Waals surface area contributed by atoms with Gasteiger partial charge < -0.3 is 5.73 Å². The second kappa shape index (κ2) is 4.00. The molecule has 0 aromatic rings. The summed E-state index contributed by atoms with van der Waals surface area (Å²) in [6, 6.07) is 0. The Bertz CT molecular complexity index is 169. The summed E-state index contributed by atoms with van der Waals surface area (Å²) >= 11 is 0. The standard InChI is InChI=1S/C6H9F3N2/c1-2-11-4-5(3-10)6(7,8)9/h3-4H,2,10H2,1H3. The van der Waals surface area contributed by atoms with Crippen LogP contribution in [0, 0.1) is 0 Å². The Morgan fingerprint density at radius 2 is 2.09 bits per heavy atom. The zero-order valence-corrected chi connectivity index (χ0v) is 6.02. The summed E-state index contributed by atoms with van der Waals surface area (Å²) in [5, 5.41) is 0. The monoisotopic (exact) mass is 166 g/mol. The largest absolute Gasteiger partial charge is 0.419 e. The zero-order chi connectivity index (χ0) is 8.91. The molecule has 0 aliphatic carbocycles. The molecule has 0 amide bonds. The number of hydrogen-bond acceptors (Lipinski definition) is 2. The van der Waals surface area contributed by atoms with Gasteiger partial charge in [0.05, 0.1) is 5.57 Å². The minimum Gasteiger partial charge on any atom is -0.404 e. The van der Waals surface area contributed by atoms with Crippen LogP contribution in [0.1, 0.15) is 6.92 Å². The van der Waals surface area contributed by atoms with Crippen molar-refractivity contribution < 1.29 is 13.2 Å². The second-order valence-electron chi connectivity index (χ2n) is 1.75. The lowest BCUT2D eigenvalue weighted by atomic mass is 10.3. The first-order valence-electron chi connectivity index (χ1n) is 3.01. The van der Waals surface area contributed by atoms with E-state index in [4.69, 9.17) is 5.73 Å². The maximum atomic E-state index is 11.8. The lowest BCUT2D eigenvalue weighted by molar-refractivity contribution is -0.0857. The van der Waals surface area contributed by atoms with Gasteiger partial charge in [0.15, 0.2) is 0 Å².